The predicted molar refractivity (Wildman–Crippen MR) is 89.5 cm³/mol. The van der Waals surface area contributed by atoms with E-state index in [0.717, 1.165) is 10.9 Å². The molecule has 0 radical (unpaired) electrons. The number of alkyl halides is 3. The van der Waals surface area contributed by atoms with Crippen LogP contribution in [0.15, 0.2) is 36.5 Å². The standard InChI is InChI=1S/C18H17F3N4O/c1-23-9-11-24(12-10-23)16(26)8-7-14-13-22-25(17(14)18(19,20)21)15-5-3-2-4-6-15/h2-6,13H,9-12H2,1H3. The Morgan fingerprint density at radius 1 is 1.12 bits per heavy atom. The highest BCUT2D eigenvalue weighted by Gasteiger charge is 2.38. The predicted octanol–water partition coefficient (Wildman–Crippen LogP) is 2.02. The van der Waals surface area contributed by atoms with E-state index in [1.165, 1.54) is 12.1 Å². The molecule has 0 spiro atoms. The molecule has 0 saturated carbocycles. The van der Waals surface area contributed by atoms with Crippen LogP contribution in [0.5, 0.6) is 0 Å². The van der Waals surface area contributed by atoms with E-state index < -0.39 is 17.8 Å². The number of nitrogens with zero attached hydrogens (tertiary/aromatic N) is 4. The van der Waals surface area contributed by atoms with Crippen molar-refractivity contribution in [2.45, 2.75) is 6.18 Å². The third kappa shape index (κ3) is 3.89. The Hall–Kier alpha value is -2.79. The number of rotatable bonds is 1. The molecule has 2 aromatic rings. The molecular weight excluding hydrogens is 345 g/mol. The van der Waals surface area contributed by atoms with E-state index in [4.69, 9.17) is 0 Å². The lowest BCUT2D eigenvalue weighted by Gasteiger charge is -2.30. The Morgan fingerprint density at radius 3 is 2.38 bits per heavy atom. The maximum absolute atomic E-state index is 13.5. The maximum Gasteiger partial charge on any atom is 0.434 e. The van der Waals surface area contributed by atoms with Crippen LogP contribution in [0, 0.1) is 11.8 Å². The summed E-state index contributed by atoms with van der Waals surface area (Å²) in [4.78, 5) is 15.8. The SMILES string of the molecule is CN1CCN(C(=O)C#Cc2cnn(-c3ccccc3)c2C(F)(F)F)CC1. The van der Waals surface area contributed by atoms with Crippen molar-refractivity contribution in [1.29, 1.82) is 0 Å². The lowest BCUT2D eigenvalue weighted by Crippen LogP contribution is -2.46. The largest absolute Gasteiger partial charge is 0.434 e. The molecule has 8 heteroatoms. The van der Waals surface area contributed by atoms with Gasteiger partial charge in [0.25, 0.3) is 5.91 Å². The zero-order chi connectivity index (χ0) is 18.7. The van der Waals surface area contributed by atoms with Gasteiger partial charge < -0.3 is 9.80 Å². The summed E-state index contributed by atoms with van der Waals surface area (Å²) in [5, 5.41) is 3.82. The Labute approximate surface area is 149 Å². The van der Waals surface area contributed by atoms with Crippen molar-refractivity contribution in [3.63, 3.8) is 0 Å². The summed E-state index contributed by atoms with van der Waals surface area (Å²) in [7, 11) is 1.95. The van der Waals surface area contributed by atoms with Gasteiger partial charge in [-0.25, -0.2) is 4.68 Å². The smallest absolute Gasteiger partial charge is 0.329 e. The molecule has 0 atom stereocenters. The molecule has 3 rings (SSSR count). The first-order valence-electron chi connectivity index (χ1n) is 8.06. The minimum Gasteiger partial charge on any atom is -0.329 e. The van der Waals surface area contributed by atoms with Gasteiger partial charge in [0.15, 0.2) is 5.69 Å². The van der Waals surface area contributed by atoms with E-state index in [-0.39, 0.29) is 11.3 Å². The van der Waals surface area contributed by atoms with E-state index in [1.54, 1.807) is 23.1 Å². The fourth-order valence-electron chi connectivity index (χ4n) is 2.69. The molecule has 1 aliphatic heterocycles. The highest BCUT2D eigenvalue weighted by Crippen LogP contribution is 2.33. The molecule has 1 saturated heterocycles. The summed E-state index contributed by atoms with van der Waals surface area (Å²) in [6.45, 7) is 2.46. The minimum absolute atomic E-state index is 0.276. The first-order valence-corrected chi connectivity index (χ1v) is 8.06. The van der Waals surface area contributed by atoms with Crippen LogP contribution in [-0.4, -0.2) is 58.7 Å². The van der Waals surface area contributed by atoms with E-state index in [2.05, 4.69) is 21.8 Å². The molecule has 136 valence electrons. The van der Waals surface area contributed by atoms with Gasteiger partial charge in [-0.05, 0) is 19.2 Å². The van der Waals surface area contributed by atoms with Gasteiger partial charge in [0.05, 0.1) is 17.4 Å². The molecule has 0 aliphatic carbocycles. The van der Waals surface area contributed by atoms with Crippen molar-refractivity contribution in [2.24, 2.45) is 0 Å². The van der Waals surface area contributed by atoms with Crippen LogP contribution in [0.4, 0.5) is 13.2 Å². The van der Waals surface area contributed by atoms with Gasteiger partial charge in [0, 0.05) is 32.1 Å². The van der Waals surface area contributed by atoms with Gasteiger partial charge in [-0.15, -0.1) is 0 Å². The lowest BCUT2D eigenvalue weighted by molar-refractivity contribution is -0.143. The van der Waals surface area contributed by atoms with Gasteiger partial charge in [-0.3, -0.25) is 4.79 Å². The fourth-order valence-corrected chi connectivity index (χ4v) is 2.69. The normalized spacial score (nSPS) is 15.5. The lowest BCUT2D eigenvalue weighted by atomic mass is 10.2. The number of para-hydroxylation sites is 1. The summed E-state index contributed by atoms with van der Waals surface area (Å²) in [5.41, 5.74) is -1.02. The van der Waals surface area contributed by atoms with E-state index in [0.29, 0.717) is 26.2 Å². The third-order valence-electron chi connectivity index (χ3n) is 4.13. The molecular formula is C18H17F3N4O. The molecule has 0 bridgehead atoms. The first-order chi connectivity index (χ1) is 12.4. The summed E-state index contributed by atoms with van der Waals surface area (Å²) < 4.78 is 41.4. The van der Waals surface area contributed by atoms with Crippen molar-refractivity contribution in [3.05, 3.63) is 47.8 Å². The van der Waals surface area contributed by atoms with Gasteiger partial charge in [-0.1, -0.05) is 24.1 Å². The number of halogens is 3. The molecule has 1 aromatic carbocycles. The molecule has 0 N–H and O–H groups in total. The molecule has 0 unspecified atom stereocenters. The fraction of sp³-hybridized carbons (Fsp3) is 0.333. The van der Waals surface area contributed by atoms with Crippen molar-refractivity contribution in [2.75, 3.05) is 33.2 Å². The molecule has 1 amide bonds. The van der Waals surface area contributed by atoms with E-state index >= 15 is 0 Å². The van der Waals surface area contributed by atoms with Crippen LogP contribution in [0.1, 0.15) is 11.3 Å². The van der Waals surface area contributed by atoms with Crippen molar-refractivity contribution in [1.82, 2.24) is 19.6 Å². The second-order valence-corrected chi connectivity index (χ2v) is 6.00. The maximum atomic E-state index is 13.5. The zero-order valence-corrected chi connectivity index (χ0v) is 14.1. The van der Waals surface area contributed by atoms with Gasteiger partial charge in [0.2, 0.25) is 0 Å². The number of hydrogen-bond acceptors (Lipinski definition) is 3. The van der Waals surface area contributed by atoms with Crippen molar-refractivity contribution in [3.8, 4) is 17.5 Å². The number of likely N-dealkylation sites (N-methyl/N-ethyl adjacent to an activating group) is 1. The Balaban J connectivity index is 1.90. The summed E-state index contributed by atoms with van der Waals surface area (Å²) in [6, 6.07) is 8.00. The zero-order valence-electron chi connectivity index (χ0n) is 14.1. The average molecular weight is 362 g/mol. The molecule has 1 fully saturated rings. The van der Waals surface area contributed by atoms with Crippen LogP contribution in [0.25, 0.3) is 5.69 Å². The van der Waals surface area contributed by atoms with Crippen LogP contribution in [0.2, 0.25) is 0 Å². The highest BCUT2D eigenvalue weighted by molar-refractivity contribution is 5.94. The van der Waals surface area contributed by atoms with E-state index in [1.807, 2.05) is 7.05 Å². The van der Waals surface area contributed by atoms with Gasteiger partial charge in [0.1, 0.15) is 0 Å². The number of hydrogen-bond donors (Lipinski definition) is 0. The number of amides is 1. The molecule has 2 heterocycles. The Morgan fingerprint density at radius 2 is 1.77 bits per heavy atom. The molecule has 1 aliphatic rings. The van der Waals surface area contributed by atoms with Gasteiger partial charge >= 0.3 is 6.18 Å². The summed E-state index contributed by atoms with van der Waals surface area (Å²) >= 11 is 0. The molecule has 26 heavy (non-hydrogen) atoms. The number of benzene rings is 1. The van der Waals surface area contributed by atoms with Crippen LogP contribution >= 0.6 is 0 Å². The first kappa shape index (κ1) is 18.0. The number of carbonyl (C=O) groups excluding carboxylic acids is 1. The Bertz CT molecular complexity index is 841. The number of carbonyl (C=O) groups is 1. The van der Waals surface area contributed by atoms with Crippen LogP contribution in [-0.2, 0) is 11.0 Å². The third-order valence-corrected chi connectivity index (χ3v) is 4.13. The second kappa shape index (κ2) is 7.22. The highest BCUT2D eigenvalue weighted by atomic mass is 19.4. The summed E-state index contributed by atoms with van der Waals surface area (Å²) in [5.74, 6) is 4.21. The Kier molecular flexibility index (Phi) is 5.00. The van der Waals surface area contributed by atoms with Crippen molar-refractivity contribution < 1.29 is 18.0 Å². The van der Waals surface area contributed by atoms with Crippen molar-refractivity contribution >= 4 is 5.91 Å². The number of aromatic nitrogens is 2. The second-order valence-electron chi connectivity index (χ2n) is 6.00. The summed E-state index contributed by atoms with van der Waals surface area (Å²) in [6.07, 6.45) is -3.60. The topological polar surface area (TPSA) is 41.4 Å². The quantitative estimate of drug-likeness (QED) is 0.729. The molecule has 5 nitrogen and oxygen atoms in total. The molecule has 1 aromatic heterocycles. The van der Waals surface area contributed by atoms with Crippen LogP contribution in [0.3, 0.4) is 0 Å². The van der Waals surface area contributed by atoms with Gasteiger partial charge in [-0.2, -0.15) is 18.3 Å². The van der Waals surface area contributed by atoms with Crippen LogP contribution < -0.4 is 0 Å². The minimum atomic E-state index is -4.65. The van der Waals surface area contributed by atoms with E-state index in [9.17, 15) is 18.0 Å². The number of piperazine rings is 1. The monoisotopic (exact) mass is 362 g/mol. The average Bonchev–Trinajstić information content (AvgIpc) is 3.05.